The van der Waals surface area contributed by atoms with E-state index in [0.29, 0.717) is 56.2 Å². The smallest absolute Gasteiger partial charge is 0.236 e. The van der Waals surface area contributed by atoms with Crippen LogP contribution in [0.3, 0.4) is 0 Å². The summed E-state index contributed by atoms with van der Waals surface area (Å²) in [6.45, 7) is 5.93. The molecule has 0 bridgehead atoms. The maximum absolute atomic E-state index is 13.0. The SMILES string of the molecule is CC(N=O)c1cnc(-c2ccc(N3CCN(C(=O)CN4CC[C@@H](C(=O)Nc5ccc(O)c(Cl)c5)C4)CC3)cc2)nc1. The normalized spacial score (nSPS) is 18.2. The molecular weight excluding hydrogens is 546 g/mol. The number of halogens is 1. The second kappa shape index (κ2) is 12.6. The molecule has 2 fully saturated rings. The molecule has 5 rings (SSSR count). The van der Waals surface area contributed by atoms with Crippen LogP contribution >= 0.6 is 11.6 Å². The molecule has 2 aromatic carbocycles. The average Bonchev–Trinajstić information content (AvgIpc) is 3.47. The molecule has 3 heterocycles. The lowest BCUT2D eigenvalue weighted by molar-refractivity contribution is -0.132. The minimum atomic E-state index is -0.478. The zero-order chi connectivity index (χ0) is 28.9. The number of nitrogens with zero attached hydrogens (tertiary/aromatic N) is 6. The Bertz CT molecular complexity index is 1400. The van der Waals surface area contributed by atoms with Crippen LogP contribution in [0.4, 0.5) is 11.4 Å². The van der Waals surface area contributed by atoms with Crippen molar-refractivity contribution in [2.24, 2.45) is 11.1 Å². The molecule has 0 saturated carbocycles. The molecule has 3 aromatic rings. The van der Waals surface area contributed by atoms with Crippen molar-refractivity contribution in [3.05, 3.63) is 70.4 Å². The number of anilines is 2. The van der Waals surface area contributed by atoms with E-state index in [9.17, 15) is 19.6 Å². The van der Waals surface area contributed by atoms with Gasteiger partial charge in [-0.15, -0.1) is 0 Å². The molecule has 2 amide bonds. The first-order valence-electron chi connectivity index (χ1n) is 13.6. The molecule has 2 aliphatic heterocycles. The van der Waals surface area contributed by atoms with Crippen molar-refractivity contribution >= 4 is 34.8 Å². The van der Waals surface area contributed by atoms with Gasteiger partial charge in [-0.2, -0.15) is 4.91 Å². The summed E-state index contributed by atoms with van der Waals surface area (Å²) >= 11 is 5.93. The van der Waals surface area contributed by atoms with Crippen LogP contribution in [0.1, 0.15) is 24.9 Å². The summed E-state index contributed by atoms with van der Waals surface area (Å²) in [4.78, 5) is 51.3. The van der Waals surface area contributed by atoms with Crippen molar-refractivity contribution in [1.82, 2.24) is 19.8 Å². The lowest BCUT2D eigenvalue weighted by Gasteiger charge is -2.36. The molecule has 214 valence electrons. The maximum atomic E-state index is 13.0. The van der Waals surface area contributed by atoms with E-state index in [4.69, 9.17) is 11.6 Å². The van der Waals surface area contributed by atoms with Gasteiger partial charge in [0.15, 0.2) is 5.82 Å². The number of likely N-dealkylation sites (tertiary alicyclic amines) is 1. The summed E-state index contributed by atoms with van der Waals surface area (Å²) in [7, 11) is 0. The van der Waals surface area contributed by atoms with Gasteiger partial charge in [0.2, 0.25) is 11.8 Å². The monoisotopic (exact) mass is 577 g/mol. The van der Waals surface area contributed by atoms with Crippen molar-refractivity contribution in [3.63, 3.8) is 0 Å². The largest absolute Gasteiger partial charge is 0.506 e. The molecule has 2 atom stereocenters. The number of nitroso groups, excluding NO2 is 1. The van der Waals surface area contributed by atoms with E-state index < -0.39 is 6.04 Å². The maximum Gasteiger partial charge on any atom is 0.236 e. The van der Waals surface area contributed by atoms with Crippen LogP contribution < -0.4 is 10.2 Å². The summed E-state index contributed by atoms with van der Waals surface area (Å²) in [6, 6.07) is 12.1. The molecule has 11 nitrogen and oxygen atoms in total. The van der Waals surface area contributed by atoms with Gasteiger partial charge in [0.1, 0.15) is 11.8 Å². The van der Waals surface area contributed by atoms with Crippen molar-refractivity contribution in [1.29, 1.82) is 0 Å². The predicted molar refractivity (Wildman–Crippen MR) is 157 cm³/mol. The number of hydrogen-bond acceptors (Lipinski definition) is 9. The molecule has 12 heteroatoms. The summed E-state index contributed by atoms with van der Waals surface area (Å²) in [5.74, 6) is 0.295. The van der Waals surface area contributed by atoms with E-state index in [1.54, 1.807) is 25.4 Å². The van der Waals surface area contributed by atoms with Crippen molar-refractivity contribution in [2.75, 3.05) is 56.0 Å². The number of nitrogens with one attached hydrogen (secondary N) is 1. The number of amides is 2. The molecule has 0 radical (unpaired) electrons. The number of aromatic hydroxyl groups is 1. The minimum absolute atomic E-state index is 0.0352. The minimum Gasteiger partial charge on any atom is -0.506 e. The Morgan fingerprint density at radius 2 is 1.78 bits per heavy atom. The standard InChI is InChI=1S/C29H32ClN7O4/c1-19(34-41)22-15-31-28(32-16-22)20-2-5-24(6-3-20)36-10-12-37(13-11-36)27(39)18-35-9-8-21(17-35)29(40)33-23-4-7-26(38)25(30)14-23/h2-7,14-16,19,21,38H,8-13,17-18H2,1H3,(H,33,40)/t19?,21-/m1/s1. The molecule has 0 aliphatic carbocycles. The van der Waals surface area contributed by atoms with E-state index >= 15 is 0 Å². The Morgan fingerprint density at radius 1 is 1.07 bits per heavy atom. The second-order valence-electron chi connectivity index (χ2n) is 10.4. The fourth-order valence-electron chi connectivity index (χ4n) is 5.11. The lowest BCUT2D eigenvalue weighted by Crippen LogP contribution is -2.51. The predicted octanol–water partition coefficient (Wildman–Crippen LogP) is 3.94. The van der Waals surface area contributed by atoms with E-state index in [1.165, 1.54) is 12.1 Å². The highest BCUT2D eigenvalue weighted by Gasteiger charge is 2.31. The molecule has 2 N–H and O–H groups in total. The Morgan fingerprint density at radius 3 is 2.44 bits per heavy atom. The van der Waals surface area contributed by atoms with Crippen LogP contribution in [0.5, 0.6) is 5.75 Å². The average molecular weight is 578 g/mol. The third-order valence-electron chi connectivity index (χ3n) is 7.65. The van der Waals surface area contributed by atoms with Gasteiger partial charge in [0.25, 0.3) is 0 Å². The van der Waals surface area contributed by atoms with Gasteiger partial charge < -0.3 is 20.2 Å². The van der Waals surface area contributed by atoms with Crippen LogP contribution in [0.15, 0.2) is 60.0 Å². The molecule has 1 unspecified atom stereocenters. The van der Waals surface area contributed by atoms with E-state index in [2.05, 4.69) is 25.4 Å². The van der Waals surface area contributed by atoms with Gasteiger partial charge in [-0.3, -0.25) is 14.5 Å². The van der Waals surface area contributed by atoms with E-state index in [0.717, 1.165) is 24.3 Å². The van der Waals surface area contributed by atoms with Gasteiger partial charge >= 0.3 is 0 Å². The number of carbonyl (C=O) groups is 2. The zero-order valence-corrected chi connectivity index (χ0v) is 23.5. The highest BCUT2D eigenvalue weighted by Crippen LogP contribution is 2.27. The zero-order valence-electron chi connectivity index (χ0n) is 22.7. The number of phenols is 1. The number of rotatable bonds is 8. The lowest BCUT2D eigenvalue weighted by atomic mass is 10.1. The van der Waals surface area contributed by atoms with Crippen LogP contribution in [-0.4, -0.2) is 82.5 Å². The number of aromatic nitrogens is 2. The molecule has 0 spiro atoms. The van der Waals surface area contributed by atoms with Crippen molar-refractivity contribution in [3.8, 4) is 17.1 Å². The Kier molecular flexibility index (Phi) is 8.75. The molecular formula is C29H32ClN7O4. The van der Waals surface area contributed by atoms with Crippen molar-refractivity contribution in [2.45, 2.75) is 19.4 Å². The Labute approximate surface area is 243 Å². The van der Waals surface area contributed by atoms with Crippen LogP contribution in [0.25, 0.3) is 11.4 Å². The second-order valence-corrected chi connectivity index (χ2v) is 10.8. The summed E-state index contributed by atoms with van der Waals surface area (Å²) in [6.07, 6.45) is 3.94. The Hall–Kier alpha value is -4.09. The number of phenolic OH excluding ortho intramolecular Hbond substituents is 1. The van der Waals surface area contributed by atoms with Gasteiger partial charge in [-0.1, -0.05) is 16.8 Å². The molecule has 41 heavy (non-hydrogen) atoms. The molecule has 2 aliphatic rings. The fourth-order valence-corrected chi connectivity index (χ4v) is 5.29. The topological polar surface area (TPSA) is 131 Å². The van der Waals surface area contributed by atoms with Crippen molar-refractivity contribution < 1.29 is 14.7 Å². The first kappa shape index (κ1) is 28.4. The number of benzene rings is 2. The first-order valence-corrected chi connectivity index (χ1v) is 14.0. The quantitative estimate of drug-likeness (QED) is 0.304. The number of piperazine rings is 1. The highest BCUT2D eigenvalue weighted by molar-refractivity contribution is 6.32. The Balaban J connectivity index is 1.07. The van der Waals surface area contributed by atoms with Crippen LogP contribution in [0, 0.1) is 10.8 Å². The number of carbonyl (C=O) groups excluding carboxylic acids is 2. The summed E-state index contributed by atoms with van der Waals surface area (Å²) in [5.41, 5.74) is 3.16. The van der Waals surface area contributed by atoms with E-state index in [1.807, 2.05) is 34.1 Å². The van der Waals surface area contributed by atoms with Gasteiger partial charge in [0.05, 0.1) is 17.5 Å². The van der Waals surface area contributed by atoms with Crippen LogP contribution in [0.2, 0.25) is 5.02 Å². The third-order valence-corrected chi connectivity index (χ3v) is 7.96. The molecule has 1 aromatic heterocycles. The fraction of sp³-hybridized carbons (Fsp3) is 0.379. The summed E-state index contributed by atoms with van der Waals surface area (Å²) < 4.78 is 0. The summed E-state index contributed by atoms with van der Waals surface area (Å²) in [5, 5.41) is 15.6. The van der Waals surface area contributed by atoms with Crippen LogP contribution in [-0.2, 0) is 9.59 Å². The third kappa shape index (κ3) is 6.80. The van der Waals surface area contributed by atoms with Gasteiger partial charge in [0, 0.05) is 67.6 Å². The van der Waals surface area contributed by atoms with Gasteiger partial charge in [-0.25, -0.2) is 9.97 Å². The number of hydrogen-bond donors (Lipinski definition) is 2. The van der Waals surface area contributed by atoms with E-state index in [-0.39, 0.29) is 28.5 Å². The van der Waals surface area contributed by atoms with Gasteiger partial charge in [-0.05, 0) is 62.4 Å². The molecule has 2 saturated heterocycles. The first-order chi connectivity index (χ1) is 19.8. The highest BCUT2D eigenvalue weighted by atomic mass is 35.5.